The summed E-state index contributed by atoms with van der Waals surface area (Å²) in [6.45, 7) is 4.24. The molecule has 0 saturated carbocycles. The zero-order chi connectivity index (χ0) is 19.3. The summed E-state index contributed by atoms with van der Waals surface area (Å²) in [5.41, 5.74) is 1.66. The summed E-state index contributed by atoms with van der Waals surface area (Å²) >= 11 is 5.90. The van der Waals surface area contributed by atoms with Crippen LogP contribution in [0.15, 0.2) is 30.3 Å². The molecule has 26 heavy (non-hydrogen) atoms. The summed E-state index contributed by atoms with van der Waals surface area (Å²) in [6.07, 6.45) is 0. The van der Waals surface area contributed by atoms with Gasteiger partial charge >= 0.3 is 0 Å². The fourth-order valence-corrected chi connectivity index (χ4v) is 2.64. The summed E-state index contributed by atoms with van der Waals surface area (Å²) in [6, 6.07) is 9.24. The molecule has 1 atom stereocenters. The Labute approximate surface area is 158 Å². The summed E-state index contributed by atoms with van der Waals surface area (Å²) in [4.78, 5) is 24.8. The van der Waals surface area contributed by atoms with E-state index in [1.165, 1.54) is 0 Å². The average Bonchev–Trinajstić information content (AvgIpc) is 2.87. The molecule has 0 bridgehead atoms. The first-order valence-electron chi connectivity index (χ1n) is 8.45. The van der Waals surface area contributed by atoms with E-state index in [4.69, 9.17) is 11.6 Å². The molecule has 2 aromatic rings. The molecule has 1 heterocycles. The van der Waals surface area contributed by atoms with Crippen molar-refractivity contribution in [3.8, 4) is 11.3 Å². The van der Waals surface area contributed by atoms with Crippen molar-refractivity contribution in [2.45, 2.75) is 19.9 Å². The maximum Gasteiger partial charge on any atom is 0.280 e. The Morgan fingerprint density at radius 1 is 1.19 bits per heavy atom. The summed E-state index contributed by atoms with van der Waals surface area (Å²) in [5.74, 6) is 0.348. The number of quaternary nitrogens is 1. The number of nitrogens with one attached hydrogen (secondary N) is 3. The molecule has 8 heteroatoms. The van der Waals surface area contributed by atoms with Crippen LogP contribution >= 0.6 is 11.6 Å². The third-order valence-electron chi connectivity index (χ3n) is 3.66. The molecule has 0 aliphatic carbocycles. The number of nitrogens with zero attached hydrogens (tertiary/aromatic N) is 2. The molecule has 140 valence electrons. The second-order valence-corrected chi connectivity index (χ2v) is 7.06. The van der Waals surface area contributed by atoms with Gasteiger partial charge in [-0.05, 0) is 26.0 Å². The van der Waals surface area contributed by atoms with E-state index in [1.807, 2.05) is 39.1 Å². The fourth-order valence-electron chi connectivity index (χ4n) is 2.52. The molecule has 2 amide bonds. The van der Waals surface area contributed by atoms with Gasteiger partial charge in [-0.2, -0.15) is 5.10 Å². The molecule has 0 radical (unpaired) electrons. The summed E-state index contributed by atoms with van der Waals surface area (Å²) in [5, 5.41) is 10.7. The van der Waals surface area contributed by atoms with Crippen molar-refractivity contribution in [1.82, 2.24) is 15.1 Å². The monoisotopic (exact) mass is 378 g/mol. The maximum absolute atomic E-state index is 12.2. The van der Waals surface area contributed by atoms with Gasteiger partial charge in [0.25, 0.3) is 11.8 Å². The van der Waals surface area contributed by atoms with Gasteiger partial charge in [0.05, 0.1) is 12.7 Å². The molecule has 2 rings (SSSR count). The van der Waals surface area contributed by atoms with E-state index in [1.54, 1.807) is 23.9 Å². The highest BCUT2D eigenvalue weighted by molar-refractivity contribution is 6.30. The van der Waals surface area contributed by atoms with Gasteiger partial charge in [-0.15, -0.1) is 0 Å². The molecule has 0 spiro atoms. The lowest BCUT2D eigenvalue weighted by molar-refractivity contribution is -0.862. The Hall–Kier alpha value is -2.38. The van der Waals surface area contributed by atoms with Crippen molar-refractivity contribution < 1.29 is 14.5 Å². The molecular formula is C18H25ClN5O2+. The van der Waals surface area contributed by atoms with Crippen LogP contribution in [-0.2, 0) is 16.6 Å². The minimum Gasteiger partial charge on any atom is -0.349 e. The zero-order valence-electron chi connectivity index (χ0n) is 15.5. The van der Waals surface area contributed by atoms with Crippen molar-refractivity contribution in [2.75, 3.05) is 25.5 Å². The van der Waals surface area contributed by atoms with Gasteiger partial charge < -0.3 is 15.5 Å². The second-order valence-electron chi connectivity index (χ2n) is 6.63. The average molecular weight is 379 g/mol. The molecule has 0 aliphatic heterocycles. The molecule has 0 saturated heterocycles. The minimum atomic E-state index is -0.175. The van der Waals surface area contributed by atoms with Crippen LogP contribution in [0.25, 0.3) is 11.3 Å². The standard InChI is InChI=1S/C18H24ClN5O2/c1-12(2)20-17(25)10-23(3)11-18(26)21-16-9-15(22-24(16)4)13-5-7-14(19)8-6-13/h5-9,12H,10-11H2,1-4H3,(H,20,25)(H,21,26)/p+1. The lowest BCUT2D eigenvalue weighted by atomic mass is 10.1. The number of aromatic nitrogens is 2. The Kier molecular flexibility index (Phi) is 6.76. The number of benzene rings is 1. The number of aryl methyl sites for hydroxylation is 1. The van der Waals surface area contributed by atoms with Gasteiger partial charge in [0.15, 0.2) is 13.1 Å². The second kappa shape index (κ2) is 8.82. The van der Waals surface area contributed by atoms with Crippen LogP contribution in [0.2, 0.25) is 5.02 Å². The van der Waals surface area contributed by atoms with Crippen molar-refractivity contribution in [2.24, 2.45) is 7.05 Å². The van der Waals surface area contributed by atoms with Crippen molar-refractivity contribution in [1.29, 1.82) is 0 Å². The van der Waals surface area contributed by atoms with E-state index < -0.39 is 0 Å². The van der Waals surface area contributed by atoms with Crippen molar-refractivity contribution in [3.63, 3.8) is 0 Å². The number of hydrogen-bond acceptors (Lipinski definition) is 3. The fraction of sp³-hybridized carbons (Fsp3) is 0.389. The van der Waals surface area contributed by atoms with Crippen LogP contribution in [0.5, 0.6) is 0 Å². The Bertz CT molecular complexity index is 770. The smallest absolute Gasteiger partial charge is 0.280 e. The van der Waals surface area contributed by atoms with Crippen LogP contribution in [0.3, 0.4) is 0 Å². The van der Waals surface area contributed by atoms with Crippen LogP contribution in [0, 0.1) is 0 Å². The third kappa shape index (κ3) is 5.86. The SMILES string of the molecule is CC(C)NC(=O)C[NH+](C)CC(=O)Nc1cc(-c2ccc(Cl)cc2)nn1C. The van der Waals surface area contributed by atoms with Gasteiger partial charge in [0.1, 0.15) is 5.82 Å². The number of carbonyl (C=O) groups excluding carboxylic acids is 2. The van der Waals surface area contributed by atoms with Gasteiger partial charge in [-0.3, -0.25) is 14.3 Å². The van der Waals surface area contributed by atoms with Crippen LogP contribution in [0.1, 0.15) is 13.8 Å². The molecule has 3 N–H and O–H groups in total. The number of carbonyl (C=O) groups is 2. The van der Waals surface area contributed by atoms with Gasteiger partial charge in [-0.25, -0.2) is 0 Å². The quantitative estimate of drug-likeness (QED) is 0.664. The molecule has 0 fully saturated rings. The normalized spacial score (nSPS) is 12.1. The highest BCUT2D eigenvalue weighted by Gasteiger charge is 2.16. The molecule has 1 aromatic heterocycles. The summed E-state index contributed by atoms with van der Waals surface area (Å²) < 4.78 is 1.61. The van der Waals surface area contributed by atoms with Gasteiger partial charge in [-0.1, -0.05) is 23.7 Å². The molecule has 1 aromatic carbocycles. The van der Waals surface area contributed by atoms with E-state index in [9.17, 15) is 9.59 Å². The van der Waals surface area contributed by atoms with Crippen molar-refractivity contribution >= 4 is 29.2 Å². The maximum atomic E-state index is 12.2. The number of hydrogen-bond donors (Lipinski definition) is 3. The van der Waals surface area contributed by atoms with E-state index in [2.05, 4.69) is 15.7 Å². The van der Waals surface area contributed by atoms with E-state index in [-0.39, 0.29) is 30.9 Å². The van der Waals surface area contributed by atoms with Gasteiger partial charge in [0.2, 0.25) is 0 Å². The van der Waals surface area contributed by atoms with Crippen molar-refractivity contribution in [3.05, 3.63) is 35.4 Å². The van der Waals surface area contributed by atoms with Crippen LogP contribution in [-0.4, -0.2) is 47.8 Å². The minimum absolute atomic E-state index is 0.0733. The number of halogens is 1. The number of rotatable bonds is 7. The van der Waals surface area contributed by atoms with E-state index in [0.717, 1.165) is 16.2 Å². The number of likely N-dealkylation sites (N-methyl/N-ethyl adjacent to an activating group) is 1. The Balaban J connectivity index is 1.94. The Morgan fingerprint density at radius 3 is 2.42 bits per heavy atom. The lowest BCUT2D eigenvalue weighted by Crippen LogP contribution is -3.11. The molecule has 0 aliphatic rings. The highest BCUT2D eigenvalue weighted by Crippen LogP contribution is 2.22. The van der Waals surface area contributed by atoms with E-state index in [0.29, 0.717) is 10.8 Å². The third-order valence-corrected chi connectivity index (χ3v) is 3.91. The highest BCUT2D eigenvalue weighted by atomic mass is 35.5. The largest absolute Gasteiger partial charge is 0.349 e. The van der Waals surface area contributed by atoms with Crippen LogP contribution in [0.4, 0.5) is 5.82 Å². The number of amides is 2. The summed E-state index contributed by atoms with van der Waals surface area (Å²) in [7, 11) is 3.57. The first-order chi connectivity index (χ1) is 12.2. The molecule has 1 unspecified atom stereocenters. The lowest BCUT2D eigenvalue weighted by Gasteiger charge is -2.14. The molecule has 7 nitrogen and oxygen atoms in total. The predicted octanol–water partition coefficient (Wildman–Crippen LogP) is 0.718. The van der Waals surface area contributed by atoms with Crippen LogP contribution < -0.4 is 15.5 Å². The topological polar surface area (TPSA) is 80.5 Å². The predicted molar refractivity (Wildman–Crippen MR) is 102 cm³/mol. The first kappa shape index (κ1) is 19.9. The first-order valence-corrected chi connectivity index (χ1v) is 8.83. The van der Waals surface area contributed by atoms with Gasteiger partial charge in [0, 0.05) is 29.7 Å². The number of anilines is 1. The Morgan fingerprint density at radius 2 is 1.81 bits per heavy atom. The zero-order valence-corrected chi connectivity index (χ0v) is 16.2. The molecular weight excluding hydrogens is 354 g/mol. The van der Waals surface area contributed by atoms with E-state index >= 15 is 0 Å².